The van der Waals surface area contributed by atoms with E-state index in [0.29, 0.717) is 17.2 Å². The highest BCUT2D eigenvalue weighted by Gasteiger charge is 2.27. The predicted molar refractivity (Wildman–Crippen MR) is 207 cm³/mol. The number of nitrogens with one attached hydrogen (secondary N) is 1. The van der Waals surface area contributed by atoms with Crippen molar-refractivity contribution in [3.63, 3.8) is 0 Å². The average Bonchev–Trinajstić information content (AvgIpc) is 3.63. The van der Waals surface area contributed by atoms with Gasteiger partial charge in [0.25, 0.3) is 0 Å². The van der Waals surface area contributed by atoms with Gasteiger partial charge in [0, 0.05) is 31.1 Å². The van der Waals surface area contributed by atoms with Gasteiger partial charge in [0.15, 0.2) is 5.82 Å². The number of nitrogens with zero attached hydrogens (tertiary/aromatic N) is 6. The summed E-state index contributed by atoms with van der Waals surface area (Å²) in [6.45, 7) is 14.4. The molecule has 0 atom stereocenters. The number of rotatable bonds is 19. The first kappa shape index (κ1) is 37.7. The standard InChI is InChI=1S/C38H54BrN7OS/c1-7-9-11-13-15-19-25-45(26-20-16-14-12-10-8-2)29-23-24-30(32(27-29)40-28(3)47)42-43-36-34(39)35(38(4,5)6)44-46(36)37-41-31-21-17-18-22-33(31)48-37/h17-18,21-24,27H,7-16,19-20,25-26H2,1-6H3,(H,40,47). The van der Waals surface area contributed by atoms with Gasteiger partial charge in [-0.3, -0.25) is 4.79 Å². The maximum absolute atomic E-state index is 12.4. The Kier molecular flexibility index (Phi) is 14.6. The number of thiazole rings is 1. The van der Waals surface area contributed by atoms with Crippen LogP contribution in [0.5, 0.6) is 0 Å². The molecule has 0 saturated carbocycles. The third-order valence-electron chi connectivity index (χ3n) is 8.45. The topological polar surface area (TPSA) is 87.8 Å². The van der Waals surface area contributed by atoms with Gasteiger partial charge in [-0.05, 0) is 59.1 Å². The van der Waals surface area contributed by atoms with E-state index < -0.39 is 0 Å². The molecule has 0 radical (unpaired) electrons. The number of fused-ring (bicyclic) bond motifs is 1. The predicted octanol–water partition coefficient (Wildman–Crippen LogP) is 12.4. The lowest BCUT2D eigenvalue weighted by atomic mass is 9.92. The van der Waals surface area contributed by atoms with Gasteiger partial charge in [-0.1, -0.05) is 122 Å². The van der Waals surface area contributed by atoms with Gasteiger partial charge in [0.2, 0.25) is 11.0 Å². The van der Waals surface area contributed by atoms with E-state index in [9.17, 15) is 4.79 Å². The fourth-order valence-electron chi connectivity index (χ4n) is 5.77. The largest absolute Gasteiger partial charge is 0.371 e. The second-order valence-corrected chi connectivity index (χ2v) is 15.5. The summed E-state index contributed by atoms with van der Waals surface area (Å²) < 4.78 is 3.63. The zero-order chi connectivity index (χ0) is 34.5. The van der Waals surface area contributed by atoms with E-state index in [1.165, 1.54) is 71.1 Å². The van der Waals surface area contributed by atoms with Crippen molar-refractivity contribution in [2.75, 3.05) is 23.3 Å². The van der Waals surface area contributed by atoms with Crippen molar-refractivity contribution in [2.24, 2.45) is 10.2 Å². The van der Waals surface area contributed by atoms with Crippen LogP contribution >= 0.6 is 27.3 Å². The van der Waals surface area contributed by atoms with Crippen molar-refractivity contribution in [2.45, 2.75) is 124 Å². The molecule has 0 bridgehead atoms. The summed E-state index contributed by atoms with van der Waals surface area (Å²) in [7, 11) is 0. The first-order valence-corrected chi connectivity index (χ1v) is 19.5. The molecule has 8 nitrogen and oxygen atoms in total. The van der Waals surface area contributed by atoms with Gasteiger partial charge in [-0.15, -0.1) is 10.2 Å². The number of halogens is 1. The van der Waals surface area contributed by atoms with Crippen molar-refractivity contribution in [3.8, 4) is 5.13 Å². The maximum Gasteiger partial charge on any atom is 0.221 e. The van der Waals surface area contributed by atoms with Crippen LogP contribution in [0, 0.1) is 0 Å². The van der Waals surface area contributed by atoms with Crippen LogP contribution in [0.4, 0.5) is 22.9 Å². The van der Waals surface area contributed by atoms with E-state index in [1.54, 1.807) is 16.0 Å². The van der Waals surface area contributed by atoms with Gasteiger partial charge in [-0.2, -0.15) is 9.78 Å². The second kappa shape index (κ2) is 18.6. The van der Waals surface area contributed by atoms with Gasteiger partial charge in [0.05, 0.1) is 26.1 Å². The molecular weight excluding hydrogens is 682 g/mol. The van der Waals surface area contributed by atoms with Crippen molar-refractivity contribution in [1.29, 1.82) is 0 Å². The van der Waals surface area contributed by atoms with Crippen LogP contribution in [-0.2, 0) is 10.2 Å². The molecule has 4 rings (SSSR count). The smallest absolute Gasteiger partial charge is 0.221 e. The Morgan fingerprint density at radius 2 is 1.52 bits per heavy atom. The highest BCUT2D eigenvalue weighted by Crippen LogP contribution is 2.40. The average molecular weight is 737 g/mol. The number of hydrogen-bond donors (Lipinski definition) is 1. The van der Waals surface area contributed by atoms with Gasteiger partial charge >= 0.3 is 0 Å². The molecule has 260 valence electrons. The highest BCUT2D eigenvalue weighted by molar-refractivity contribution is 9.10. The maximum atomic E-state index is 12.4. The number of aromatic nitrogens is 3. The zero-order valence-electron chi connectivity index (χ0n) is 29.8. The van der Waals surface area contributed by atoms with E-state index in [2.05, 4.69) is 79.0 Å². The van der Waals surface area contributed by atoms with Gasteiger partial charge in [-0.25, -0.2) is 4.98 Å². The molecule has 4 aromatic rings. The van der Waals surface area contributed by atoms with E-state index >= 15 is 0 Å². The third-order valence-corrected chi connectivity index (χ3v) is 10.2. The fourth-order valence-corrected chi connectivity index (χ4v) is 7.62. The van der Waals surface area contributed by atoms with E-state index in [-0.39, 0.29) is 11.3 Å². The first-order valence-electron chi connectivity index (χ1n) is 17.9. The van der Waals surface area contributed by atoms with E-state index in [4.69, 9.17) is 20.3 Å². The molecular formula is C38H54BrN7OS. The summed E-state index contributed by atoms with van der Waals surface area (Å²) in [6, 6.07) is 14.2. The molecule has 0 spiro atoms. The number of para-hydroxylation sites is 1. The van der Waals surface area contributed by atoms with Crippen LogP contribution in [0.15, 0.2) is 57.2 Å². The Bertz CT molecular complexity index is 1590. The van der Waals surface area contributed by atoms with E-state index in [1.807, 2.05) is 24.3 Å². The lowest BCUT2D eigenvalue weighted by Gasteiger charge is -2.26. The minimum atomic E-state index is -0.233. The summed E-state index contributed by atoms with van der Waals surface area (Å²) >= 11 is 5.36. The summed E-state index contributed by atoms with van der Waals surface area (Å²) in [5, 5.41) is 18.2. The fraction of sp³-hybridized carbons (Fsp3) is 0.553. The minimum absolute atomic E-state index is 0.141. The van der Waals surface area contributed by atoms with Crippen LogP contribution in [0.1, 0.15) is 124 Å². The zero-order valence-corrected chi connectivity index (χ0v) is 32.2. The quantitative estimate of drug-likeness (QED) is 0.0767. The van der Waals surface area contributed by atoms with Crippen LogP contribution < -0.4 is 10.2 Å². The number of anilines is 2. The van der Waals surface area contributed by atoms with Crippen LogP contribution in [0.25, 0.3) is 15.3 Å². The first-order chi connectivity index (χ1) is 23.1. The lowest BCUT2D eigenvalue weighted by Crippen LogP contribution is -2.26. The molecule has 0 unspecified atom stereocenters. The highest BCUT2D eigenvalue weighted by atomic mass is 79.9. The summed E-state index contributed by atoms with van der Waals surface area (Å²) in [6.07, 6.45) is 15.2. The van der Waals surface area contributed by atoms with Crippen molar-refractivity contribution < 1.29 is 4.79 Å². The molecule has 0 saturated heterocycles. The lowest BCUT2D eigenvalue weighted by molar-refractivity contribution is -0.114. The summed E-state index contributed by atoms with van der Waals surface area (Å²) in [5.41, 5.74) is 3.90. The number of azo groups is 1. The number of carbonyl (C=O) groups excluding carboxylic acids is 1. The Morgan fingerprint density at radius 1 is 0.896 bits per heavy atom. The molecule has 2 aromatic carbocycles. The molecule has 1 amide bonds. The molecule has 0 fully saturated rings. The number of amides is 1. The Morgan fingerprint density at radius 3 is 2.12 bits per heavy atom. The SMILES string of the molecule is CCCCCCCCN(CCCCCCCC)c1ccc(N=Nc2c(Br)c(C(C)(C)C)nn2-c2nc3ccccc3s2)c(NC(C)=O)c1. The number of benzene rings is 2. The molecule has 2 heterocycles. The second-order valence-electron chi connectivity index (χ2n) is 13.7. The molecule has 1 N–H and O–H groups in total. The van der Waals surface area contributed by atoms with Crippen molar-refractivity contribution in [3.05, 3.63) is 52.6 Å². The molecule has 10 heteroatoms. The Hall–Kier alpha value is -3.11. The number of carbonyl (C=O) groups is 1. The Labute approximate surface area is 300 Å². The molecule has 48 heavy (non-hydrogen) atoms. The van der Waals surface area contributed by atoms with Crippen molar-refractivity contribution >= 4 is 66.3 Å². The molecule has 0 aliphatic carbocycles. The monoisotopic (exact) mass is 735 g/mol. The van der Waals surface area contributed by atoms with Crippen molar-refractivity contribution in [1.82, 2.24) is 14.8 Å². The summed E-state index contributed by atoms with van der Waals surface area (Å²) in [5.74, 6) is 0.419. The van der Waals surface area contributed by atoms with Crippen LogP contribution in [0.3, 0.4) is 0 Å². The third kappa shape index (κ3) is 10.7. The van der Waals surface area contributed by atoms with Crippen LogP contribution in [0.2, 0.25) is 0 Å². The normalized spacial score (nSPS) is 12.0. The molecule has 2 aromatic heterocycles. The Balaban J connectivity index is 1.64. The van der Waals surface area contributed by atoms with Gasteiger partial charge in [0.1, 0.15) is 5.69 Å². The van der Waals surface area contributed by atoms with Crippen LogP contribution in [-0.4, -0.2) is 33.8 Å². The van der Waals surface area contributed by atoms with E-state index in [0.717, 1.165) is 57.1 Å². The van der Waals surface area contributed by atoms with Gasteiger partial charge < -0.3 is 10.2 Å². The molecule has 0 aliphatic heterocycles. The number of hydrogen-bond acceptors (Lipinski definition) is 7. The number of unbranched alkanes of at least 4 members (excludes halogenated alkanes) is 10. The molecule has 0 aliphatic rings. The summed E-state index contributed by atoms with van der Waals surface area (Å²) in [4.78, 5) is 19.7. The minimum Gasteiger partial charge on any atom is -0.371 e.